The number of hydrogen-bond donors (Lipinski definition) is 1. The van der Waals surface area contributed by atoms with Gasteiger partial charge in [-0.15, -0.1) is 0 Å². The third-order valence-electron chi connectivity index (χ3n) is 5.96. The van der Waals surface area contributed by atoms with E-state index in [1.807, 2.05) is 59.7 Å². The molecule has 8 heteroatoms. The van der Waals surface area contributed by atoms with Crippen LogP contribution in [0.3, 0.4) is 0 Å². The van der Waals surface area contributed by atoms with E-state index in [-0.39, 0.29) is 12.3 Å². The average Bonchev–Trinajstić information content (AvgIpc) is 3.27. The minimum atomic E-state index is -0.475. The molecule has 0 radical (unpaired) electrons. The standard InChI is InChI=1S/C27H29N3O4S/c1-18-24(26(32)34-3)25(20-12-7-13-22(15-20)33-2)30-21(17-35-27(30)29-18)16-23(31)28-14-8-11-19-9-5-4-6-10-19/h4-7,9-10,12-13,15,17,25H,8,11,14,16H2,1-3H3,(H,28,31)/t25-/m1/s1. The number of allylic oxidation sites excluding steroid dienone is 1. The van der Waals surface area contributed by atoms with Crippen LogP contribution in [0.5, 0.6) is 5.75 Å². The molecule has 2 aromatic rings. The summed E-state index contributed by atoms with van der Waals surface area (Å²) in [5.41, 5.74) is 3.94. The molecule has 0 spiro atoms. The van der Waals surface area contributed by atoms with E-state index in [0.717, 1.165) is 29.3 Å². The fourth-order valence-electron chi connectivity index (χ4n) is 4.26. The molecular formula is C27H29N3O4S. The van der Waals surface area contributed by atoms with Gasteiger partial charge >= 0.3 is 5.97 Å². The minimum Gasteiger partial charge on any atom is -0.497 e. The predicted molar refractivity (Wildman–Crippen MR) is 138 cm³/mol. The molecule has 0 unspecified atom stereocenters. The van der Waals surface area contributed by atoms with Crippen molar-refractivity contribution >= 4 is 28.8 Å². The summed E-state index contributed by atoms with van der Waals surface area (Å²) in [6.07, 6.45) is 1.96. The van der Waals surface area contributed by atoms with Crippen LogP contribution < -0.4 is 10.1 Å². The highest BCUT2D eigenvalue weighted by atomic mass is 32.2. The summed E-state index contributed by atoms with van der Waals surface area (Å²) < 4.78 is 10.5. The van der Waals surface area contributed by atoms with Crippen molar-refractivity contribution in [3.63, 3.8) is 0 Å². The summed E-state index contributed by atoms with van der Waals surface area (Å²) in [5, 5.41) is 5.69. The second-order valence-corrected chi connectivity index (χ2v) is 9.11. The SMILES string of the molecule is COC(=O)C1=C(C)N=C2SC=C(CC(=O)NCCCc3ccccc3)N2[C@@H]1c1cccc(OC)c1. The maximum atomic E-state index is 12.8. The third-order valence-corrected chi connectivity index (χ3v) is 6.85. The Kier molecular flexibility index (Phi) is 7.92. The van der Waals surface area contributed by atoms with E-state index in [1.54, 1.807) is 7.11 Å². The van der Waals surface area contributed by atoms with Crippen LogP contribution in [0.15, 0.2) is 82.0 Å². The van der Waals surface area contributed by atoms with E-state index >= 15 is 0 Å². The van der Waals surface area contributed by atoms with Gasteiger partial charge in [-0.3, -0.25) is 4.79 Å². The number of aliphatic imine (C=N–C) groups is 1. The Morgan fingerprint density at radius 2 is 1.91 bits per heavy atom. The molecule has 4 rings (SSSR count). The number of aryl methyl sites for hydroxylation is 1. The predicted octanol–water partition coefficient (Wildman–Crippen LogP) is 4.58. The number of nitrogens with zero attached hydrogens (tertiary/aromatic N) is 2. The normalized spacial score (nSPS) is 16.9. The molecule has 0 aliphatic carbocycles. The number of carbonyl (C=O) groups excluding carboxylic acids is 2. The number of nitrogens with one attached hydrogen (secondary N) is 1. The lowest BCUT2D eigenvalue weighted by Gasteiger charge is -2.36. The van der Waals surface area contributed by atoms with Gasteiger partial charge in [0.2, 0.25) is 5.91 Å². The molecule has 7 nitrogen and oxygen atoms in total. The molecule has 2 aliphatic rings. The molecule has 182 valence electrons. The van der Waals surface area contributed by atoms with E-state index in [0.29, 0.717) is 23.6 Å². The zero-order valence-electron chi connectivity index (χ0n) is 20.1. The van der Waals surface area contributed by atoms with Gasteiger partial charge in [-0.25, -0.2) is 9.79 Å². The first kappa shape index (κ1) is 24.6. The third kappa shape index (κ3) is 5.59. The summed E-state index contributed by atoms with van der Waals surface area (Å²) in [4.78, 5) is 32.2. The molecule has 0 saturated carbocycles. The lowest BCUT2D eigenvalue weighted by molar-refractivity contribution is -0.136. The molecule has 35 heavy (non-hydrogen) atoms. The number of carbonyl (C=O) groups is 2. The van der Waals surface area contributed by atoms with Crippen LogP contribution in [0.1, 0.15) is 36.9 Å². The molecule has 0 saturated heterocycles. The molecule has 0 bridgehead atoms. The van der Waals surface area contributed by atoms with E-state index in [1.165, 1.54) is 24.4 Å². The summed E-state index contributed by atoms with van der Waals surface area (Å²) in [5.74, 6) is 0.170. The molecule has 2 aromatic carbocycles. The van der Waals surface area contributed by atoms with Gasteiger partial charge in [-0.1, -0.05) is 54.2 Å². The van der Waals surface area contributed by atoms with Crippen molar-refractivity contribution in [3.05, 3.63) is 88.1 Å². The molecule has 1 amide bonds. The van der Waals surface area contributed by atoms with Crippen molar-refractivity contribution in [3.8, 4) is 5.75 Å². The van der Waals surface area contributed by atoms with Crippen LogP contribution in [0, 0.1) is 0 Å². The first-order valence-corrected chi connectivity index (χ1v) is 12.4. The Morgan fingerprint density at radius 3 is 2.66 bits per heavy atom. The molecule has 1 N–H and O–H groups in total. The first-order chi connectivity index (χ1) is 17.0. The Hall–Kier alpha value is -3.52. The van der Waals surface area contributed by atoms with Gasteiger partial charge in [0.05, 0.1) is 38.0 Å². The van der Waals surface area contributed by atoms with E-state index in [4.69, 9.17) is 9.47 Å². The number of thioether (sulfide) groups is 1. The number of methoxy groups -OCH3 is 2. The summed E-state index contributed by atoms with van der Waals surface area (Å²) in [6, 6.07) is 17.3. The van der Waals surface area contributed by atoms with Gasteiger partial charge in [0.1, 0.15) is 5.75 Å². The highest BCUT2D eigenvalue weighted by Gasteiger charge is 2.41. The topological polar surface area (TPSA) is 80.2 Å². The fraction of sp³-hybridized carbons (Fsp3) is 0.296. The first-order valence-electron chi connectivity index (χ1n) is 11.5. The zero-order valence-corrected chi connectivity index (χ0v) is 20.9. The van der Waals surface area contributed by atoms with Crippen LogP contribution in [0.4, 0.5) is 0 Å². The van der Waals surface area contributed by atoms with Crippen LogP contribution in [0.2, 0.25) is 0 Å². The largest absolute Gasteiger partial charge is 0.497 e. The van der Waals surface area contributed by atoms with Crippen molar-refractivity contribution in [1.82, 2.24) is 10.2 Å². The van der Waals surface area contributed by atoms with Crippen LogP contribution in [-0.2, 0) is 20.7 Å². The monoisotopic (exact) mass is 491 g/mol. The van der Waals surface area contributed by atoms with E-state index in [9.17, 15) is 9.59 Å². The number of benzene rings is 2. The summed E-state index contributed by atoms with van der Waals surface area (Å²) in [7, 11) is 2.97. The van der Waals surface area contributed by atoms with Gasteiger partial charge in [-0.05, 0) is 48.4 Å². The quantitative estimate of drug-likeness (QED) is 0.409. The lowest BCUT2D eigenvalue weighted by Crippen LogP contribution is -2.38. The minimum absolute atomic E-state index is 0.0681. The maximum Gasteiger partial charge on any atom is 0.338 e. The van der Waals surface area contributed by atoms with Gasteiger partial charge in [-0.2, -0.15) is 0 Å². The van der Waals surface area contributed by atoms with E-state index in [2.05, 4.69) is 22.4 Å². The Bertz CT molecular complexity index is 1190. The molecule has 2 heterocycles. The highest BCUT2D eigenvalue weighted by Crippen LogP contribution is 2.45. The van der Waals surface area contributed by atoms with Crippen molar-refractivity contribution in [2.24, 2.45) is 4.99 Å². The number of esters is 1. The second kappa shape index (κ2) is 11.3. The van der Waals surface area contributed by atoms with Gasteiger partial charge in [0.25, 0.3) is 0 Å². The lowest BCUT2D eigenvalue weighted by atomic mass is 9.93. The van der Waals surface area contributed by atoms with Crippen molar-refractivity contribution in [2.75, 3.05) is 20.8 Å². The van der Waals surface area contributed by atoms with Gasteiger partial charge in [0, 0.05) is 12.2 Å². The fourth-order valence-corrected chi connectivity index (χ4v) is 5.22. The van der Waals surface area contributed by atoms with Crippen LogP contribution in [0.25, 0.3) is 0 Å². The molecular weight excluding hydrogens is 462 g/mol. The van der Waals surface area contributed by atoms with Crippen LogP contribution >= 0.6 is 11.8 Å². The number of hydrogen-bond acceptors (Lipinski definition) is 7. The molecule has 0 aromatic heterocycles. The molecule has 1 atom stereocenters. The van der Waals surface area contributed by atoms with E-state index < -0.39 is 12.0 Å². The Morgan fingerprint density at radius 1 is 1.11 bits per heavy atom. The average molecular weight is 492 g/mol. The summed E-state index contributed by atoms with van der Waals surface area (Å²) >= 11 is 1.45. The Balaban J connectivity index is 1.50. The second-order valence-electron chi connectivity index (χ2n) is 8.28. The van der Waals surface area contributed by atoms with Crippen molar-refractivity contribution < 1.29 is 19.1 Å². The van der Waals surface area contributed by atoms with Gasteiger partial charge < -0.3 is 19.7 Å². The number of ether oxygens (including phenoxy) is 2. The number of fused-ring (bicyclic) bond motifs is 1. The van der Waals surface area contributed by atoms with Crippen molar-refractivity contribution in [1.29, 1.82) is 0 Å². The number of amides is 1. The van der Waals surface area contributed by atoms with Gasteiger partial charge in [0.15, 0.2) is 5.17 Å². The number of rotatable bonds is 9. The highest BCUT2D eigenvalue weighted by molar-refractivity contribution is 8.16. The molecule has 2 aliphatic heterocycles. The maximum absolute atomic E-state index is 12.8. The summed E-state index contributed by atoms with van der Waals surface area (Å²) in [6.45, 7) is 2.41. The molecule has 0 fully saturated rings. The number of amidine groups is 1. The Labute approximate surface area is 209 Å². The van der Waals surface area contributed by atoms with Crippen LogP contribution in [-0.4, -0.2) is 42.7 Å². The zero-order chi connectivity index (χ0) is 24.8. The van der Waals surface area contributed by atoms with Crippen molar-refractivity contribution in [2.45, 2.75) is 32.2 Å². The smallest absolute Gasteiger partial charge is 0.338 e.